The Labute approximate surface area is 185 Å². The molecule has 1 saturated heterocycles. The number of carbonyl (C=O) groups excluding carboxylic acids is 1. The highest BCUT2D eigenvalue weighted by Gasteiger charge is 2.22. The molecule has 10 heteroatoms. The van der Waals surface area contributed by atoms with Crippen molar-refractivity contribution in [3.63, 3.8) is 0 Å². The maximum absolute atomic E-state index is 11.9. The summed E-state index contributed by atoms with van der Waals surface area (Å²) in [6, 6.07) is 7.49. The molecule has 10 nitrogen and oxygen atoms in total. The molecular weight excluding hydrogens is 406 g/mol. The van der Waals surface area contributed by atoms with Crippen molar-refractivity contribution in [3.05, 3.63) is 65.1 Å². The molecule has 1 aliphatic rings. The molecule has 0 unspecified atom stereocenters. The number of aryl methyl sites for hydroxylation is 1. The van der Waals surface area contributed by atoms with Crippen LogP contribution in [-0.4, -0.2) is 50.2 Å². The highest BCUT2D eigenvalue weighted by molar-refractivity contribution is 5.98. The molecule has 0 saturated carbocycles. The molecule has 0 spiro atoms. The minimum absolute atomic E-state index is 0.171. The summed E-state index contributed by atoms with van der Waals surface area (Å²) < 4.78 is 0. The largest absolute Gasteiger partial charge is 0.381 e. The average molecular weight is 429 g/mol. The van der Waals surface area contributed by atoms with Crippen molar-refractivity contribution in [2.45, 2.75) is 32.2 Å². The first kappa shape index (κ1) is 21.1. The second kappa shape index (κ2) is 9.34. The number of aromatic nitrogens is 5. The molecule has 1 fully saturated rings. The summed E-state index contributed by atoms with van der Waals surface area (Å²) in [6.07, 6.45) is 7.17. The van der Waals surface area contributed by atoms with Crippen molar-refractivity contribution in [2.24, 2.45) is 5.73 Å². The van der Waals surface area contributed by atoms with Crippen LogP contribution in [-0.2, 0) is 6.42 Å². The Hall–Kier alpha value is -4.13. The van der Waals surface area contributed by atoms with Gasteiger partial charge in [-0.1, -0.05) is 0 Å². The van der Waals surface area contributed by atoms with Crippen LogP contribution in [0.2, 0.25) is 0 Å². The van der Waals surface area contributed by atoms with E-state index in [0.717, 1.165) is 48.8 Å². The molecule has 162 valence electrons. The molecule has 3 aromatic rings. The number of amides is 1. The van der Waals surface area contributed by atoms with E-state index in [-0.39, 0.29) is 6.04 Å². The molecule has 1 amide bonds. The minimum Gasteiger partial charge on any atom is -0.381 e. The van der Waals surface area contributed by atoms with E-state index in [1.807, 2.05) is 25.1 Å². The van der Waals surface area contributed by atoms with Gasteiger partial charge < -0.3 is 16.0 Å². The van der Waals surface area contributed by atoms with Crippen molar-refractivity contribution in [1.82, 2.24) is 25.1 Å². The molecule has 0 aliphatic carbocycles. The summed E-state index contributed by atoms with van der Waals surface area (Å²) in [5, 5.41) is 20.4. The van der Waals surface area contributed by atoms with E-state index in [9.17, 15) is 4.79 Å². The van der Waals surface area contributed by atoms with Gasteiger partial charge in [-0.25, -0.2) is 0 Å². The number of nitrogens with two attached hydrogens (primary N) is 1. The maximum atomic E-state index is 11.9. The lowest BCUT2D eigenvalue weighted by Gasteiger charge is -2.33. The van der Waals surface area contributed by atoms with Gasteiger partial charge in [0.1, 0.15) is 6.07 Å². The minimum atomic E-state index is -0.521. The number of piperidine rings is 1. The predicted molar refractivity (Wildman–Crippen MR) is 118 cm³/mol. The van der Waals surface area contributed by atoms with Crippen LogP contribution in [0.3, 0.4) is 0 Å². The fourth-order valence-corrected chi connectivity index (χ4v) is 3.63. The maximum Gasteiger partial charge on any atom is 0.252 e. The van der Waals surface area contributed by atoms with E-state index in [1.165, 1.54) is 6.20 Å². The van der Waals surface area contributed by atoms with Crippen LogP contribution >= 0.6 is 0 Å². The Morgan fingerprint density at radius 2 is 1.94 bits per heavy atom. The fraction of sp³-hybridized carbons (Fsp3) is 0.318. The van der Waals surface area contributed by atoms with E-state index < -0.39 is 5.91 Å². The van der Waals surface area contributed by atoms with E-state index in [4.69, 9.17) is 11.0 Å². The predicted octanol–water partition coefficient (Wildman–Crippen LogP) is 1.61. The van der Waals surface area contributed by atoms with Gasteiger partial charge in [0.25, 0.3) is 5.91 Å². The zero-order chi connectivity index (χ0) is 22.5. The number of nitrogens with one attached hydrogen (secondary N) is 1. The first-order chi connectivity index (χ1) is 15.5. The molecule has 0 bridgehead atoms. The molecule has 32 heavy (non-hydrogen) atoms. The third-order valence-corrected chi connectivity index (χ3v) is 5.37. The van der Waals surface area contributed by atoms with E-state index in [0.29, 0.717) is 23.4 Å². The zero-order valence-corrected chi connectivity index (χ0v) is 17.7. The highest BCUT2D eigenvalue weighted by atomic mass is 16.1. The topological polar surface area (TPSA) is 147 Å². The van der Waals surface area contributed by atoms with Gasteiger partial charge in [-0.2, -0.15) is 5.26 Å². The molecule has 4 rings (SSSR count). The summed E-state index contributed by atoms with van der Waals surface area (Å²) in [6.45, 7) is 3.44. The van der Waals surface area contributed by atoms with Gasteiger partial charge >= 0.3 is 0 Å². The first-order valence-electron chi connectivity index (χ1n) is 10.3. The molecular formula is C22H23N9O. The highest BCUT2D eigenvalue weighted by Crippen LogP contribution is 2.23. The Balaban J connectivity index is 1.44. The van der Waals surface area contributed by atoms with Crippen molar-refractivity contribution in [3.8, 4) is 6.07 Å². The number of hydrogen-bond donors (Lipinski definition) is 2. The molecule has 0 radical (unpaired) electrons. The lowest BCUT2D eigenvalue weighted by atomic mass is 10.0. The van der Waals surface area contributed by atoms with Crippen LogP contribution in [0.15, 0.2) is 36.8 Å². The number of carbonyl (C=O) groups is 1. The number of anilines is 2. The number of rotatable bonds is 6. The average Bonchev–Trinajstić information content (AvgIpc) is 2.81. The second-order valence-electron chi connectivity index (χ2n) is 7.71. The monoisotopic (exact) mass is 429 g/mol. The van der Waals surface area contributed by atoms with E-state index in [2.05, 4.69) is 35.4 Å². The molecule has 3 N–H and O–H groups in total. The van der Waals surface area contributed by atoms with Gasteiger partial charge in [-0.3, -0.25) is 19.7 Å². The molecule has 0 atom stereocenters. The van der Waals surface area contributed by atoms with Crippen molar-refractivity contribution in [2.75, 3.05) is 23.3 Å². The smallest absolute Gasteiger partial charge is 0.252 e. The van der Waals surface area contributed by atoms with Crippen LogP contribution in [0, 0.1) is 18.3 Å². The number of primary amides is 1. The van der Waals surface area contributed by atoms with Crippen molar-refractivity contribution < 1.29 is 4.79 Å². The second-order valence-corrected chi connectivity index (χ2v) is 7.71. The SMILES string of the molecule is Cc1cnc(Cc2cc(NC3CCN(c4ccc(C#N)nn4)CC3)c(C(N)=O)cn2)cn1. The number of pyridine rings is 1. The van der Waals surface area contributed by atoms with Crippen LogP contribution in [0.1, 0.15) is 46.0 Å². The quantitative estimate of drug-likeness (QED) is 0.596. The zero-order valence-electron chi connectivity index (χ0n) is 17.7. The lowest BCUT2D eigenvalue weighted by Crippen LogP contribution is -2.40. The first-order valence-corrected chi connectivity index (χ1v) is 10.3. The Bertz CT molecular complexity index is 1130. The van der Waals surface area contributed by atoms with Crippen LogP contribution < -0.4 is 16.0 Å². The Morgan fingerprint density at radius 1 is 1.16 bits per heavy atom. The van der Waals surface area contributed by atoms with Crippen LogP contribution in [0.5, 0.6) is 0 Å². The third-order valence-electron chi connectivity index (χ3n) is 5.37. The van der Waals surface area contributed by atoms with E-state index >= 15 is 0 Å². The van der Waals surface area contributed by atoms with Crippen LogP contribution in [0.25, 0.3) is 0 Å². The molecule has 1 aliphatic heterocycles. The number of nitriles is 1. The Kier molecular flexibility index (Phi) is 6.17. The molecule has 4 heterocycles. The summed E-state index contributed by atoms with van der Waals surface area (Å²) in [5.41, 5.74) is 9.35. The van der Waals surface area contributed by atoms with Gasteiger partial charge in [0.15, 0.2) is 11.5 Å². The van der Waals surface area contributed by atoms with Crippen LogP contribution in [0.4, 0.5) is 11.5 Å². The standard InChI is InChI=1S/C22H23N9O/c1-14-11-26-18(12-25-14)8-17-9-20(19(13-27-17)22(24)32)28-15-4-6-31(7-5-15)21-3-2-16(10-23)29-30-21/h2-3,9,11-13,15H,4-8H2,1H3,(H2,24,32)(H,27,28). The molecule has 3 aromatic heterocycles. The van der Waals surface area contributed by atoms with Gasteiger partial charge in [-0.05, 0) is 38.0 Å². The van der Waals surface area contributed by atoms with Gasteiger partial charge in [-0.15, -0.1) is 10.2 Å². The third kappa shape index (κ3) is 4.95. The van der Waals surface area contributed by atoms with E-state index in [1.54, 1.807) is 18.5 Å². The van der Waals surface area contributed by atoms with Gasteiger partial charge in [0.05, 0.1) is 22.6 Å². The van der Waals surface area contributed by atoms with Crippen molar-refractivity contribution in [1.29, 1.82) is 5.26 Å². The van der Waals surface area contributed by atoms with Gasteiger partial charge in [0, 0.05) is 49.8 Å². The summed E-state index contributed by atoms with van der Waals surface area (Å²) in [4.78, 5) is 27.1. The number of nitrogens with zero attached hydrogens (tertiary/aromatic N) is 7. The lowest BCUT2D eigenvalue weighted by molar-refractivity contribution is 0.100. The summed E-state index contributed by atoms with van der Waals surface area (Å²) >= 11 is 0. The van der Waals surface area contributed by atoms with Crippen molar-refractivity contribution >= 4 is 17.4 Å². The number of hydrogen-bond acceptors (Lipinski definition) is 9. The summed E-state index contributed by atoms with van der Waals surface area (Å²) in [7, 11) is 0. The summed E-state index contributed by atoms with van der Waals surface area (Å²) in [5.74, 6) is 0.234. The Morgan fingerprint density at radius 3 is 2.56 bits per heavy atom. The molecule has 0 aromatic carbocycles. The van der Waals surface area contributed by atoms with Gasteiger partial charge in [0.2, 0.25) is 0 Å². The fourth-order valence-electron chi connectivity index (χ4n) is 3.63. The normalized spacial score (nSPS) is 14.1.